The molecule has 1 N–H and O–H groups in total. The van der Waals surface area contributed by atoms with Gasteiger partial charge >= 0.3 is 6.18 Å². The topological polar surface area (TPSA) is 133 Å². The van der Waals surface area contributed by atoms with Crippen LogP contribution in [0.15, 0.2) is 27.6 Å². The first-order valence-electron chi connectivity index (χ1n) is 12.5. The summed E-state index contributed by atoms with van der Waals surface area (Å²) in [7, 11) is -4.16. The van der Waals surface area contributed by atoms with Crippen LogP contribution in [0.5, 0.6) is 0 Å². The molecule has 2 saturated carbocycles. The highest BCUT2D eigenvalue weighted by molar-refractivity contribution is 7.92. The molecule has 2 aromatic rings. The van der Waals surface area contributed by atoms with Crippen molar-refractivity contribution in [3.63, 3.8) is 0 Å². The summed E-state index contributed by atoms with van der Waals surface area (Å²) < 4.78 is 74.1. The minimum absolute atomic E-state index is 0.0379. The average Bonchev–Trinajstić information content (AvgIpc) is 3.76. The number of aromatic nitrogens is 1. The molecule has 13 heteroatoms. The van der Waals surface area contributed by atoms with Crippen molar-refractivity contribution in [2.75, 3.05) is 6.54 Å². The molecule has 1 aromatic carbocycles. The fraction of sp³-hybridized carbons (Fsp3) is 0.538. The third-order valence-corrected chi connectivity index (χ3v) is 10.4. The maximum absolute atomic E-state index is 13.8. The number of carbonyl (C=O) groups excluding carboxylic acids is 2. The van der Waals surface area contributed by atoms with E-state index in [0.29, 0.717) is 35.4 Å². The van der Waals surface area contributed by atoms with Gasteiger partial charge in [-0.25, -0.2) is 8.42 Å². The van der Waals surface area contributed by atoms with Crippen LogP contribution in [0.4, 0.5) is 13.2 Å². The number of likely N-dealkylation sites (tertiary alicyclic amines) is 1. The van der Waals surface area contributed by atoms with Crippen LogP contribution in [-0.2, 0) is 19.4 Å². The van der Waals surface area contributed by atoms with Crippen LogP contribution in [0.1, 0.15) is 49.1 Å². The largest absolute Gasteiger partial charge is 0.403 e. The number of rotatable bonds is 6. The number of amides is 2. The van der Waals surface area contributed by atoms with Crippen LogP contribution < -0.4 is 5.32 Å². The zero-order valence-electron chi connectivity index (χ0n) is 21.6. The highest BCUT2D eigenvalue weighted by Crippen LogP contribution is 2.59. The monoisotopic (exact) mass is 564 g/mol. The van der Waals surface area contributed by atoms with Crippen LogP contribution in [-0.4, -0.2) is 59.8 Å². The number of carbonyl (C=O) groups is 2. The van der Waals surface area contributed by atoms with Gasteiger partial charge in [0.05, 0.1) is 21.9 Å². The quantitative estimate of drug-likeness (QED) is 0.568. The molecule has 39 heavy (non-hydrogen) atoms. The number of nitriles is 1. The number of benzene rings is 1. The third-order valence-electron chi connectivity index (χ3n) is 8.10. The van der Waals surface area contributed by atoms with E-state index in [9.17, 15) is 36.4 Å². The smallest absolute Gasteiger partial charge is 0.361 e. The second-order valence-corrected chi connectivity index (χ2v) is 13.0. The van der Waals surface area contributed by atoms with Crippen molar-refractivity contribution in [1.29, 1.82) is 5.26 Å². The lowest BCUT2D eigenvalue weighted by molar-refractivity contribution is -0.199. The number of halogens is 3. The molecule has 1 aliphatic heterocycles. The van der Waals surface area contributed by atoms with E-state index >= 15 is 0 Å². The summed E-state index contributed by atoms with van der Waals surface area (Å²) in [5.74, 6) is -1.55. The van der Waals surface area contributed by atoms with Gasteiger partial charge in [-0.1, -0.05) is 11.2 Å². The lowest BCUT2D eigenvalue weighted by atomic mass is 10.0. The van der Waals surface area contributed by atoms with E-state index in [1.165, 1.54) is 6.07 Å². The summed E-state index contributed by atoms with van der Waals surface area (Å²) in [6.45, 7) is 4.54. The van der Waals surface area contributed by atoms with E-state index in [-0.39, 0.29) is 11.3 Å². The van der Waals surface area contributed by atoms with Crippen LogP contribution in [0, 0.1) is 37.5 Å². The van der Waals surface area contributed by atoms with E-state index in [2.05, 4.69) is 10.5 Å². The Hall–Kier alpha value is -3.40. The van der Waals surface area contributed by atoms with Gasteiger partial charge in [0.2, 0.25) is 11.8 Å². The van der Waals surface area contributed by atoms with Crippen LogP contribution >= 0.6 is 0 Å². The summed E-state index contributed by atoms with van der Waals surface area (Å²) in [5.41, 5.74) is -1.29. The van der Waals surface area contributed by atoms with Crippen molar-refractivity contribution in [3.05, 3.63) is 35.2 Å². The van der Waals surface area contributed by atoms with Gasteiger partial charge in [-0.05, 0) is 76.1 Å². The molecule has 0 unspecified atom stereocenters. The van der Waals surface area contributed by atoms with Crippen LogP contribution in [0.2, 0.25) is 0 Å². The maximum atomic E-state index is 13.8. The molecular weight excluding hydrogens is 537 g/mol. The molecule has 0 spiro atoms. The highest BCUT2D eigenvalue weighted by atomic mass is 32.2. The van der Waals surface area contributed by atoms with Crippen molar-refractivity contribution in [1.82, 2.24) is 15.4 Å². The van der Waals surface area contributed by atoms with E-state index in [1.807, 2.05) is 6.07 Å². The lowest BCUT2D eigenvalue weighted by Crippen LogP contribution is -2.53. The van der Waals surface area contributed by atoms with E-state index in [1.54, 1.807) is 32.9 Å². The maximum Gasteiger partial charge on any atom is 0.403 e. The predicted octanol–water partition coefficient (Wildman–Crippen LogP) is 3.52. The number of aryl methyl sites for hydroxylation is 3. The molecule has 0 radical (unpaired) electrons. The molecule has 3 aliphatic rings. The molecule has 1 saturated heterocycles. The fourth-order valence-corrected chi connectivity index (χ4v) is 7.34. The van der Waals surface area contributed by atoms with Gasteiger partial charge < -0.3 is 14.7 Å². The van der Waals surface area contributed by atoms with Gasteiger partial charge in [0.1, 0.15) is 22.8 Å². The molecule has 2 heterocycles. The Labute approximate surface area is 223 Å². The Morgan fingerprint density at radius 3 is 2.33 bits per heavy atom. The van der Waals surface area contributed by atoms with Crippen molar-refractivity contribution in [3.8, 4) is 17.2 Å². The Balaban J connectivity index is 1.47. The number of nitrogens with one attached hydrogen (secondary N) is 1. The summed E-state index contributed by atoms with van der Waals surface area (Å²) >= 11 is 0. The minimum atomic E-state index is -4.82. The number of sulfone groups is 1. The Bertz CT molecular complexity index is 1500. The van der Waals surface area contributed by atoms with Gasteiger partial charge in [-0.2, -0.15) is 18.4 Å². The molecule has 208 valence electrons. The molecule has 2 aliphatic carbocycles. The second-order valence-electron chi connectivity index (χ2n) is 10.8. The first-order valence-corrected chi connectivity index (χ1v) is 14.1. The molecule has 2 amide bonds. The van der Waals surface area contributed by atoms with Crippen molar-refractivity contribution in [2.45, 2.75) is 80.8 Å². The first kappa shape index (κ1) is 27.2. The Morgan fingerprint density at radius 2 is 1.85 bits per heavy atom. The van der Waals surface area contributed by atoms with E-state index in [4.69, 9.17) is 4.52 Å². The van der Waals surface area contributed by atoms with Crippen molar-refractivity contribution in [2.24, 2.45) is 5.41 Å². The standard InChI is InChI=1S/C26H27F3N4O5S/c1-14-10-17(21-15(2)32-38-16(21)3)4-5-20(14)39(36,37)18-11-19(22(34)31-24(13-30)6-7-24)33(12-18)23(35)25(8-9-25)26(27,28)29/h4-5,10,18-19H,6-9,11-12H2,1-3H3,(H,31,34)/t18-,19+/m1/s1. The molecule has 1 aromatic heterocycles. The Morgan fingerprint density at radius 1 is 1.18 bits per heavy atom. The van der Waals surface area contributed by atoms with Gasteiger partial charge in [0, 0.05) is 12.1 Å². The van der Waals surface area contributed by atoms with Gasteiger partial charge in [-0.15, -0.1) is 0 Å². The van der Waals surface area contributed by atoms with E-state index < -0.39 is 69.5 Å². The molecule has 3 fully saturated rings. The fourth-order valence-electron chi connectivity index (χ4n) is 5.42. The number of nitrogens with zero attached hydrogens (tertiary/aromatic N) is 3. The minimum Gasteiger partial charge on any atom is -0.361 e. The normalized spacial score (nSPS) is 23.3. The predicted molar refractivity (Wildman–Crippen MR) is 131 cm³/mol. The molecule has 0 bridgehead atoms. The first-order chi connectivity index (χ1) is 18.2. The van der Waals surface area contributed by atoms with Crippen LogP contribution in [0.25, 0.3) is 11.1 Å². The van der Waals surface area contributed by atoms with E-state index in [0.717, 1.165) is 10.5 Å². The SMILES string of the molecule is Cc1cc(-c2c(C)noc2C)ccc1S(=O)(=O)[C@@H]1C[C@@H](C(=O)NC2(C#N)CC2)N(C(=O)C2(C(F)(F)F)CC2)C1. The van der Waals surface area contributed by atoms with Gasteiger partial charge in [0.25, 0.3) is 0 Å². The number of hydrogen-bond donors (Lipinski definition) is 1. The van der Waals surface area contributed by atoms with Gasteiger partial charge in [0.15, 0.2) is 9.84 Å². The highest BCUT2D eigenvalue weighted by Gasteiger charge is 2.70. The molecular formula is C26H27F3N4O5S. The molecule has 2 atom stereocenters. The summed E-state index contributed by atoms with van der Waals surface area (Å²) in [6, 6.07) is 5.21. The Kier molecular flexibility index (Phi) is 6.14. The van der Waals surface area contributed by atoms with Crippen molar-refractivity contribution >= 4 is 21.7 Å². The average molecular weight is 565 g/mol. The zero-order valence-corrected chi connectivity index (χ0v) is 22.4. The molecule has 5 rings (SSSR count). The van der Waals surface area contributed by atoms with Crippen molar-refractivity contribution < 1.29 is 35.7 Å². The number of hydrogen-bond acceptors (Lipinski definition) is 7. The number of alkyl halides is 3. The van der Waals surface area contributed by atoms with Crippen LogP contribution in [0.3, 0.4) is 0 Å². The van der Waals surface area contributed by atoms with Gasteiger partial charge in [-0.3, -0.25) is 9.59 Å². The summed E-state index contributed by atoms with van der Waals surface area (Å²) in [5, 5.41) is 14.5. The molecule has 9 nitrogen and oxygen atoms in total. The lowest BCUT2D eigenvalue weighted by Gasteiger charge is -2.29. The zero-order chi connectivity index (χ0) is 28.5. The summed E-state index contributed by atoms with van der Waals surface area (Å²) in [4.78, 5) is 27.1. The second kappa shape index (κ2) is 8.81. The summed E-state index contributed by atoms with van der Waals surface area (Å²) in [6.07, 6.45) is -5.27. The third kappa shape index (κ3) is 4.38.